The number of likely N-dealkylation sites (tertiary alicyclic amines) is 1. The summed E-state index contributed by atoms with van der Waals surface area (Å²) in [5.74, 6) is 0.752. The molecule has 1 unspecified atom stereocenters. The number of hydrogen-bond acceptors (Lipinski definition) is 7. The molecule has 7 nitrogen and oxygen atoms in total. The molecule has 0 saturated carbocycles. The van der Waals surface area contributed by atoms with Crippen molar-refractivity contribution in [3.63, 3.8) is 0 Å². The highest BCUT2D eigenvalue weighted by Crippen LogP contribution is 2.27. The molecule has 2 aromatic heterocycles. The summed E-state index contributed by atoms with van der Waals surface area (Å²) in [6.07, 6.45) is 1.52. The number of furan rings is 1. The third-order valence-corrected chi connectivity index (χ3v) is 5.66. The first kappa shape index (κ1) is 19.6. The molecule has 152 valence electrons. The number of oxazole rings is 1. The minimum absolute atomic E-state index is 0.197. The van der Waals surface area contributed by atoms with E-state index in [9.17, 15) is 9.59 Å². The molecule has 1 saturated heterocycles. The molecule has 1 aromatic carbocycles. The number of ether oxygens (including phenoxy) is 1. The Labute approximate surface area is 172 Å². The lowest BCUT2D eigenvalue weighted by atomic mass is 9.98. The molecule has 1 aliphatic rings. The molecule has 1 atom stereocenters. The zero-order chi connectivity index (χ0) is 20.2. The van der Waals surface area contributed by atoms with Crippen LogP contribution in [0.3, 0.4) is 0 Å². The second kappa shape index (κ2) is 8.73. The number of hydrogen-bond donors (Lipinski definition) is 0. The van der Waals surface area contributed by atoms with Crippen LogP contribution in [0.2, 0.25) is 0 Å². The van der Waals surface area contributed by atoms with Gasteiger partial charge in [0, 0.05) is 13.1 Å². The SMILES string of the molecule is CCOC(=O)C1CCCN(C(=O)c2ccc(CSc3nc4ccccc4o3)o2)C1. The third kappa shape index (κ3) is 4.48. The summed E-state index contributed by atoms with van der Waals surface area (Å²) in [4.78, 5) is 30.9. The van der Waals surface area contributed by atoms with Gasteiger partial charge in [0.15, 0.2) is 11.3 Å². The van der Waals surface area contributed by atoms with Gasteiger partial charge in [-0.1, -0.05) is 23.9 Å². The van der Waals surface area contributed by atoms with Crippen LogP contribution in [-0.4, -0.2) is 41.5 Å². The lowest BCUT2D eigenvalue weighted by Gasteiger charge is -2.30. The summed E-state index contributed by atoms with van der Waals surface area (Å²) in [5, 5.41) is 0.559. The van der Waals surface area contributed by atoms with Crippen LogP contribution in [0.1, 0.15) is 36.1 Å². The number of aromatic nitrogens is 1. The minimum atomic E-state index is -0.267. The van der Waals surface area contributed by atoms with Crippen LogP contribution >= 0.6 is 11.8 Å². The Balaban J connectivity index is 1.36. The van der Waals surface area contributed by atoms with Crippen molar-refractivity contribution >= 4 is 34.7 Å². The average molecular weight is 414 g/mol. The Kier molecular flexibility index (Phi) is 5.89. The van der Waals surface area contributed by atoms with Crippen molar-refractivity contribution in [2.45, 2.75) is 30.7 Å². The Bertz CT molecular complexity index is 978. The van der Waals surface area contributed by atoms with E-state index in [2.05, 4.69) is 4.98 Å². The van der Waals surface area contributed by atoms with E-state index in [1.54, 1.807) is 24.0 Å². The van der Waals surface area contributed by atoms with Gasteiger partial charge in [-0.05, 0) is 44.0 Å². The van der Waals surface area contributed by atoms with Gasteiger partial charge in [0.1, 0.15) is 11.3 Å². The largest absolute Gasteiger partial charge is 0.466 e. The molecular formula is C21H22N2O5S. The van der Waals surface area contributed by atoms with Gasteiger partial charge in [-0.2, -0.15) is 0 Å². The first-order valence-corrected chi connectivity index (χ1v) is 10.7. The van der Waals surface area contributed by atoms with Crippen molar-refractivity contribution in [3.05, 3.63) is 47.9 Å². The van der Waals surface area contributed by atoms with Crippen molar-refractivity contribution in [2.75, 3.05) is 19.7 Å². The lowest BCUT2D eigenvalue weighted by molar-refractivity contribution is -0.149. The molecular weight excluding hydrogens is 392 g/mol. The van der Waals surface area contributed by atoms with Gasteiger partial charge in [-0.25, -0.2) is 4.98 Å². The first-order valence-electron chi connectivity index (χ1n) is 9.67. The third-order valence-electron chi connectivity index (χ3n) is 4.81. The highest BCUT2D eigenvalue weighted by molar-refractivity contribution is 7.98. The second-order valence-corrected chi connectivity index (χ2v) is 7.77. The number of thioether (sulfide) groups is 1. The van der Waals surface area contributed by atoms with Gasteiger partial charge in [0.25, 0.3) is 11.1 Å². The first-order chi connectivity index (χ1) is 14.1. The van der Waals surface area contributed by atoms with Gasteiger partial charge in [-0.3, -0.25) is 9.59 Å². The summed E-state index contributed by atoms with van der Waals surface area (Å²) >= 11 is 1.41. The van der Waals surface area contributed by atoms with E-state index in [0.717, 1.165) is 23.9 Å². The Morgan fingerprint density at radius 3 is 2.93 bits per heavy atom. The van der Waals surface area contributed by atoms with Crippen molar-refractivity contribution in [2.24, 2.45) is 5.92 Å². The number of carbonyl (C=O) groups excluding carboxylic acids is 2. The maximum absolute atomic E-state index is 12.8. The van der Waals surface area contributed by atoms with Gasteiger partial charge in [0.2, 0.25) is 0 Å². The molecule has 1 aliphatic heterocycles. The highest BCUT2D eigenvalue weighted by Gasteiger charge is 2.30. The standard InChI is InChI=1S/C21H22N2O5S/c1-2-26-20(25)14-6-5-11-23(12-14)19(24)18-10-9-15(27-18)13-29-21-22-16-7-3-4-8-17(16)28-21/h3-4,7-10,14H,2,5-6,11-13H2,1H3. The van der Waals surface area contributed by atoms with Crippen LogP contribution in [0.15, 0.2) is 50.5 Å². The van der Waals surface area contributed by atoms with E-state index in [1.165, 1.54) is 11.8 Å². The molecule has 3 aromatic rings. The predicted octanol–water partition coefficient (Wildman–Crippen LogP) is 4.13. The molecule has 0 N–H and O–H groups in total. The predicted molar refractivity (Wildman–Crippen MR) is 108 cm³/mol. The molecule has 0 spiro atoms. The summed E-state index contributed by atoms with van der Waals surface area (Å²) in [5.41, 5.74) is 1.55. The Morgan fingerprint density at radius 1 is 1.24 bits per heavy atom. The van der Waals surface area contributed by atoms with Crippen LogP contribution in [0.25, 0.3) is 11.1 Å². The Hall–Kier alpha value is -2.74. The number of amides is 1. The van der Waals surface area contributed by atoms with E-state index in [0.29, 0.717) is 36.4 Å². The monoisotopic (exact) mass is 414 g/mol. The number of carbonyl (C=O) groups is 2. The number of para-hydroxylation sites is 2. The molecule has 0 aliphatic carbocycles. The van der Waals surface area contributed by atoms with Gasteiger partial charge in [0.05, 0.1) is 18.3 Å². The quantitative estimate of drug-likeness (QED) is 0.443. The van der Waals surface area contributed by atoms with Crippen LogP contribution < -0.4 is 0 Å². The minimum Gasteiger partial charge on any atom is -0.466 e. The number of benzene rings is 1. The average Bonchev–Trinajstić information content (AvgIpc) is 3.38. The maximum Gasteiger partial charge on any atom is 0.310 e. The molecule has 0 radical (unpaired) electrons. The van der Waals surface area contributed by atoms with Crippen molar-refractivity contribution in [3.8, 4) is 0 Å². The van der Waals surface area contributed by atoms with E-state index < -0.39 is 0 Å². The molecule has 1 amide bonds. The summed E-state index contributed by atoms with van der Waals surface area (Å²) < 4.78 is 16.5. The number of nitrogens with zero attached hydrogens (tertiary/aromatic N) is 2. The molecule has 0 bridgehead atoms. The fourth-order valence-electron chi connectivity index (χ4n) is 3.39. The van der Waals surface area contributed by atoms with Crippen LogP contribution in [0.5, 0.6) is 0 Å². The number of esters is 1. The van der Waals surface area contributed by atoms with Crippen molar-refractivity contribution in [1.82, 2.24) is 9.88 Å². The molecule has 29 heavy (non-hydrogen) atoms. The smallest absolute Gasteiger partial charge is 0.310 e. The fraction of sp³-hybridized carbons (Fsp3) is 0.381. The van der Waals surface area contributed by atoms with E-state index in [1.807, 2.05) is 24.3 Å². The van der Waals surface area contributed by atoms with Gasteiger partial charge in [-0.15, -0.1) is 0 Å². The normalized spacial score (nSPS) is 16.9. The molecule has 1 fully saturated rings. The topological polar surface area (TPSA) is 85.8 Å². The maximum atomic E-state index is 12.8. The van der Waals surface area contributed by atoms with Crippen molar-refractivity contribution in [1.29, 1.82) is 0 Å². The van der Waals surface area contributed by atoms with E-state index in [-0.39, 0.29) is 23.6 Å². The number of fused-ring (bicyclic) bond motifs is 1. The zero-order valence-corrected chi connectivity index (χ0v) is 16.9. The fourth-order valence-corrected chi connectivity index (χ4v) is 4.12. The number of piperidine rings is 1. The molecule has 3 heterocycles. The summed E-state index contributed by atoms with van der Waals surface area (Å²) in [7, 11) is 0. The van der Waals surface area contributed by atoms with Crippen LogP contribution in [-0.2, 0) is 15.3 Å². The molecule has 4 rings (SSSR count). The van der Waals surface area contributed by atoms with E-state index >= 15 is 0 Å². The second-order valence-electron chi connectivity index (χ2n) is 6.84. The highest BCUT2D eigenvalue weighted by atomic mass is 32.2. The summed E-state index contributed by atoms with van der Waals surface area (Å²) in [6.45, 7) is 3.11. The van der Waals surface area contributed by atoms with E-state index in [4.69, 9.17) is 13.6 Å². The summed E-state index contributed by atoms with van der Waals surface area (Å²) in [6, 6.07) is 11.1. The van der Waals surface area contributed by atoms with Crippen molar-refractivity contribution < 1.29 is 23.2 Å². The zero-order valence-electron chi connectivity index (χ0n) is 16.1. The Morgan fingerprint density at radius 2 is 2.10 bits per heavy atom. The van der Waals surface area contributed by atoms with Gasteiger partial charge >= 0.3 is 5.97 Å². The molecule has 8 heteroatoms. The lowest BCUT2D eigenvalue weighted by Crippen LogP contribution is -2.42. The van der Waals surface area contributed by atoms with Crippen LogP contribution in [0, 0.1) is 5.92 Å². The van der Waals surface area contributed by atoms with Crippen LogP contribution in [0.4, 0.5) is 0 Å². The number of rotatable bonds is 6. The van der Waals surface area contributed by atoms with Gasteiger partial charge < -0.3 is 18.5 Å².